The summed E-state index contributed by atoms with van der Waals surface area (Å²) in [7, 11) is 4.27. The molecule has 2 rings (SSSR count). The van der Waals surface area contributed by atoms with Gasteiger partial charge in [-0.05, 0) is 43.1 Å². The number of aryl methyl sites for hydroxylation is 1. The van der Waals surface area contributed by atoms with Gasteiger partial charge >= 0.3 is 0 Å². The van der Waals surface area contributed by atoms with Crippen LogP contribution in [0.5, 0.6) is 0 Å². The Labute approximate surface area is 189 Å². The minimum absolute atomic E-state index is 0.833. The lowest BCUT2D eigenvalue weighted by atomic mass is 10.1. The normalized spacial score (nSPS) is 9.90. The van der Waals surface area contributed by atoms with Gasteiger partial charge in [-0.15, -0.1) is 0 Å². The molecule has 0 N–H and O–H groups in total. The van der Waals surface area contributed by atoms with E-state index in [0.29, 0.717) is 0 Å². The van der Waals surface area contributed by atoms with Crippen molar-refractivity contribution < 1.29 is 0 Å². The molecule has 0 saturated carbocycles. The monoisotopic (exact) mass is 414 g/mol. The van der Waals surface area contributed by atoms with Gasteiger partial charge in [0.25, 0.3) is 0 Å². The van der Waals surface area contributed by atoms with E-state index in [2.05, 4.69) is 106 Å². The maximum absolute atomic E-state index is 2.53. The standard InChI is InChI=1S/C20H28N2.C4H10.2C2H6/c1-4-18-11-8-12-20(15-18)17-22(14-13-21(2)3)16-19-9-6-5-7-10-19;1-4(2)3;2*1-2/h5-12,15H,4,13-14,16-17H2,1-3H3;4H,1-3H3;2*1-2H3. The predicted molar refractivity (Wildman–Crippen MR) is 138 cm³/mol. The summed E-state index contributed by atoms with van der Waals surface area (Å²) in [6, 6.07) is 19.7. The molecule has 30 heavy (non-hydrogen) atoms. The molecule has 0 atom stereocenters. The summed E-state index contributed by atoms with van der Waals surface area (Å²) in [5.41, 5.74) is 4.21. The maximum atomic E-state index is 2.53. The summed E-state index contributed by atoms with van der Waals surface area (Å²) in [5.74, 6) is 0.833. The maximum Gasteiger partial charge on any atom is 0.0237 e. The van der Waals surface area contributed by atoms with E-state index >= 15 is 0 Å². The van der Waals surface area contributed by atoms with E-state index in [1.165, 1.54) is 16.7 Å². The summed E-state index contributed by atoms with van der Waals surface area (Å²) in [5, 5.41) is 0. The molecule has 0 fully saturated rings. The summed E-state index contributed by atoms with van der Waals surface area (Å²) in [6.45, 7) is 20.9. The van der Waals surface area contributed by atoms with Crippen LogP contribution in [0.4, 0.5) is 0 Å². The van der Waals surface area contributed by atoms with Crippen molar-refractivity contribution >= 4 is 0 Å². The predicted octanol–water partition coefficient (Wildman–Crippen LogP) is 7.53. The Morgan fingerprint density at radius 1 is 0.667 bits per heavy atom. The van der Waals surface area contributed by atoms with E-state index in [-0.39, 0.29) is 0 Å². The molecule has 172 valence electrons. The lowest BCUT2D eigenvalue weighted by Gasteiger charge is -2.24. The quantitative estimate of drug-likeness (QED) is 0.440. The van der Waals surface area contributed by atoms with Crippen LogP contribution >= 0.6 is 0 Å². The Kier molecular flexibility index (Phi) is 21.0. The highest BCUT2D eigenvalue weighted by molar-refractivity contribution is 5.23. The number of benzene rings is 2. The summed E-state index contributed by atoms with van der Waals surface area (Å²) in [4.78, 5) is 4.78. The zero-order chi connectivity index (χ0) is 23.4. The fourth-order valence-electron chi connectivity index (χ4n) is 2.60. The van der Waals surface area contributed by atoms with Gasteiger partial charge in [0.15, 0.2) is 0 Å². The van der Waals surface area contributed by atoms with E-state index in [9.17, 15) is 0 Å². The van der Waals surface area contributed by atoms with Crippen molar-refractivity contribution in [3.63, 3.8) is 0 Å². The number of hydrogen-bond donors (Lipinski definition) is 0. The number of nitrogens with zero attached hydrogens (tertiary/aromatic N) is 2. The van der Waals surface area contributed by atoms with Gasteiger partial charge in [0.2, 0.25) is 0 Å². The topological polar surface area (TPSA) is 6.48 Å². The third kappa shape index (κ3) is 17.2. The third-order valence-corrected chi connectivity index (χ3v) is 3.92. The number of likely N-dealkylation sites (N-methyl/N-ethyl adjacent to an activating group) is 1. The van der Waals surface area contributed by atoms with Crippen molar-refractivity contribution in [2.24, 2.45) is 5.92 Å². The second-order valence-corrected chi connectivity index (χ2v) is 7.91. The first-order valence-electron chi connectivity index (χ1n) is 11.9. The van der Waals surface area contributed by atoms with Crippen molar-refractivity contribution in [2.75, 3.05) is 27.2 Å². The molecule has 0 bridgehead atoms. The molecule has 0 aromatic heterocycles. The first-order chi connectivity index (χ1) is 14.4. The fourth-order valence-corrected chi connectivity index (χ4v) is 2.60. The molecule has 0 saturated heterocycles. The van der Waals surface area contributed by atoms with Crippen LogP contribution < -0.4 is 0 Å². The average molecular weight is 415 g/mol. The van der Waals surface area contributed by atoms with E-state index in [1.807, 2.05) is 27.7 Å². The molecular formula is C28H50N2. The lowest BCUT2D eigenvalue weighted by Crippen LogP contribution is -2.31. The van der Waals surface area contributed by atoms with Crippen LogP contribution in [-0.4, -0.2) is 37.0 Å². The minimum Gasteiger partial charge on any atom is -0.308 e. The van der Waals surface area contributed by atoms with Crippen LogP contribution in [0, 0.1) is 5.92 Å². The zero-order valence-electron chi connectivity index (χ0n) is 21.7. The Hall–Kier alpha value is -1.64. The first kappa shape index (κ1) is 30.6. The molecule has 0 aliphatic carbocycles. The minimum atomic E-state index is 0.833. The lowest BCUT2D eigenvalue weighted by molar-refractivity contribution is 0.226. The van der Waals surface area contributed by atoms with Gasteiger partial charge in [-0.25, -0.2) is 0 Å². The van der Waals surface area contributed by atoms with Gasteiger partial charge in [0.1, 0.15) is 0 Å². The largest absolute Gasteiger partial charge is 0.308 e. The molecule has 0 radical (unpaired) electrons. The van der Waals surface area contributed by atoms with Gasteiger partial charge in [-0.3, -0.25) is 4.90 Å². The third-order valence-electron chi connectivity index (χ3n) is 3.92. The van der Waals surface area contributed by atoms with Crippen LogP contribution in [0.2, 0.25) is 0 Å². The highest BCUT2D eigenvalue weighted by Gasteiger charge is 2.08. The molecule has 0 amide bonds. The van der Waals surface area contributed by atoms with E-state index in [0.717, 1.165) is 38.5 Å². The highest BCUT2D eigenvalue weighted by Crippen LogP contribution is 2.12. The van der Waals surface area contributed by atoms with Crippen molar-refractivity contribution in [1.82, 2.24) is 9.80 Å². The van der Waals surface area contributed by atoms with Gasteiger partial charge in [0.05, 0.1) is 0 Å². The van der Waals surface area contributed by atoms with Crippen LogP contribution in [-0.2, 0) is 19.5 Å². The van der Waals surface area contributed by atoms with Crippen molar-refractivity contribution in [3.05, 3.63) is 71.3 Å². The molecule has 0 unspecified atom stereocenters. The molecule has 2 nitrogen and oxygen atoms in total. The van der Waals surface area contributed by atoms with Gasteiger partial charge in [0, 0.05) is 26.2 Å². The Balaban J connectivity index is 0. The molecule has 0 aliphatic heterocycles. The summed E-state index contributed by atoms with van der Waals surface area (Å²) < 4.78 is 0. The van der Waals surface area contributed by atoms with E-state index in [1.54, 1.807) is 0 Å². The van der Waals surface area contributed by atoms with Crippen LogP contribution in [0.1, 0.15) is 72.1 Å². The highest BCUT2D eigenvalue weighted by atomic mass is 15.2. The van der Waals surface area contributed by atoms with Crippen LogP contribution in [0.15, 0.2) is 54.6 Å². The smallest absolute Gasteiger partial charge is 0.0237 e. The SMILES string of the molecule is CC.CC.CC(C)C.CCc1cccc(CN(CCN(C)C)Cc2ccccc2)c1. The fraction of sp³-hybridized carbons (Fsp3) is 0.571. The van der Waals surface area contributed by atoms with Crippen LogP contribution in [0.3, 0.4) is 0 Å². The molecule has 2 aromatic carbocycles. The average Bonchev–Trinajstić information content (AvgIpc) is 2.75. The van der Waals surface area contributed by atoms with Gasteiger partial charge in [-0.1, -0.05) is 110 Å². The van der Waals surface area contributed by atoms with Crippen molar-refractivity contribution in [3.8, 4) is 0 Å². The first-order valence-corrected chi connectivity index (χ1v) is 11.9. The summed E-state index contributed by atoms with van der Waals surface area (Å²) in [6.07, 6.45) is 1.10. The Bertz CT molecular complexity index is 588. The molecular weight excluding hydrogens is 364 g/mol. The molecule has 0 aliphatic rings. The Morgan fingerprint density at radius 2 is 1.13 bits per heavy atom. The second-order valence-electron chi connectivity index (χ2n) is 7.91. The molecule has 2 heteroatoms. The zero-order valence-corrected chi connectivity index (χ0v) is 21.7. The number of hydrogen-bond acceptors (Lipinski definition) is 2. The van der Waals surface area contributed by atoms with E-state index < -0.39 is 0 Å². The second kappa shape index (κ2) is 20.6. The van der Waals surface area contributed by atoms with Gasteiger partial charge in [-0.2, -0.15) is 0 Å². The molecule has 0 heterocycles. The van der Waals surface area contributed by atoms with Crippen LogP contribution in [0.25, 0.3) is 0 Å². The summed E-state index contributed by atoms with van der Waals surface area (Å²) >= 11 is 0. The van der Waals surface area contributed by atoms with E-state index in [4.69, 9.17) is 0 Å². The van der Waals surface area contributed by atoms with Crippen molar-refractivity contribution in [2.45, 2.75) is 74.9 Å². The number of rotatable bonds is 8. The Morgan fingerprint density at radius 3 is 1.63 bits per heavy atom. The molecule has 2 aromatic rings. The van der Waals surface area contributed by atoms with Gasteiger partial charge < -0.3 is 4.90 Å². The molecule has 0 spiro atoms. The van der Waals surface area contributed by atoms with Crippen molar-refractivity contribution in [1.29, 1.82) is 0 Å².